The maximum absolute atomic E-state index is 13.8. The summed E-state index contributed by atoms with van der Waals surface area (Å²) in [6.45, 7) is 7.99. The summed E-state index contributed by atoms with van der Waals surface area (Å²) in [7, 11) is 1.74. The lowest BCUT2D eigenvalue weighted by molar-refractivity contribution is 0.0963. The summed E-state index contributed by atoms with van der Waals surface area (Å²) in [6, 6.07) is 7.78. The number of hydrogen-bond donors (Lipinski definition) is 1. The number of nitrogens with one attached hydrogen (secondary N) is 1. The first-order valence-corrected chi connectivity index (χ1v) is 14.2. The van der Waals surface area contributed by atoms with E-state index >= 15 is 0 Å². The van der Waals surface area contributed by atoms with Crippen molar-refractivity contribution in [2.75, 3.05) is 16.8 Å². The Kier molecular flexibility index (Phi) is 5.56. The van der Waals surface area contributed by atoms with Gasteiger partial charge in [0, 0.05) is 61.3 Å². The molecule has 0 unspecified atom stereocenters. The highest BCUT2D eigenvalue weighted by molar-refractivity contribution is 6.06. The quantitative estimate of drug-likeness (QED) is 0.362. The summed E-state index contributed by atoms with van der Waals surface area (Å²) < 4.78 is 9.26. The molecule has 0 spiro atoms. The molecule has 1 fully saturated rings. The first kappa shape index (κ1) is 24.9. The second kappa shape index (κ2) is 8.94. The van der Waals surface area contributed by atoms with Crippen LogP contribution in [0.15, 0.2) is 46.0 Å². The fourth-order valence-electron chi connectivity index (χ4n) is 6.44. The van der Waals surface area contributed by atoms with Gasteiger partial charge in [0.1, 0.15) is 23.0 Å². The third-order valence-corrected chi connectivity index (χ3v) is 8.53. The number of pyridine rings is 2. The van der Waals surface area contributed by atoms with Crippen LogP contribution in [0.5, 0.6) is 0 Å². The van der Waals surface area contributed by atoms with Crippen molar-refractivity contribution in [2.45, 2.75) is 65.3 Å². The summed E-state index contributed by atoms with van der Waals surface area (Å²) in [6.07, 6.45) is 8.51. The van der Waals surface area contributed by atoms with Crippen molar-refractivity contribution < 1.29 is 9.32 Å². The number of hydrogen-bond acceptors (Lipinski definition) is 6. The van der Waals surface area contributed by atoms with Gasteiger partial charge in [-0.25, -0.2) is 4.98 Å². The van der Waals surface area contributed by atoms with Crippen LogP contribution in [0.2, 0.25) is 0 Å². The van der Waals surface area contributed by atoms with E-state index in [9.17, 15) is 9.59 Å². The third-order valence-electron chi connectivity index (χ3n) is 8.53. The summed E-state index contributed by atoms with van der Waals surface area (Å²) in [5.74, 6) is 2.51. The van der Waals surface area contributed by atoms with Gasteiger partial charge in [0.25, 0.3) is 11.5 Å². The summed E-state index contributed by atoms with van der Waals surface area (Å²) >= 11 is 0. The van der Waals surface area contributed by atoms with Crippen LogP contribution in [0, 0.1) is 5.41 Å². The molecule has 1 saturated carbocycles. The van der Waals surface area contributed by atoms with Crippen molar-refractivity contribution in [1.82, 2.24) is 19.3 Å². The maximum Gasteiger partial charge on any atom is 0.276 e. The van der Waals surface area contributed by atoms with E-state index < -0.39 is 0 Å². The minimum Gasteiger partial charge on any atom is -0.359 e. The minimum atomic E-state index is -0.157. The second-order valence-corrected chi connectivity index (χ2v) is 12.2. The molecule has 206 valence electrons. The molecule has 4 aromatic rings. The Morgan fingerprint density at radius 1 is 1.12 bits per heavy atom. The molecule has 0 bridgehead atoms. The van der Waals surface area contributed by atoms with Crippen molar-refractivity contribution in [3.05, 3.63) is 75.3 Å². The fraction of sp³-hybridized carbons (Fsp3) is 0.419. The Balaban J connectivity index is 1.23. The predicted octanol–water partition coefficient (Wildman–Crippen LogP) is 5.21. The van der Waals surface area contributed by atoms with E-state index in [0.29, 0.717) is 36.2 Å². The number of carbonyl (C=O) groups excluding carboxylic acids is 1. The summed E-state index contributed by atoms with van der Waals surface area (Å²) in [5, 5.41) is 7.28. The van der Waals surface area contributed by atoms with Crippen molar-refractivity contribution >= 4 is 23.2 Å². The Morgan fingerprint density at radius 3 is 2.73 bits per heavy atom. The van der Waals surface area contributed by atoms with Gasteiger partial charge in [-0.3, -0.25) is 14.5 Å². The van der Waals surface area contributed by atoms with E-state index in [0.717, 1.165) is 60.4 Å². The lowest BCUT2D eigenvalue weighted by atomic mass is 9.90. The smallest absolute Gasteiger partial charge is 0.276 e. The minimum absolute atomic E-state index is 0.00174. The molecular formula is C31H34N6O3. The van der Waals surface area contributed by atoms with E-state index in [4.69, 9.17) is 9.51 Å². The molecule has 2 aliphatic carbocycles. The van der Waals surface area contributed by atoms with E-state index in [2.05, 4.69) is 41.9 Å². The first-order valence-electron chi connectivity index (χ1n) is 14.2. The van der Waals surface area contributed by atoms with Crippen LogP contribution >= 0.6 is 0 Å². The van der Waals surface area contributed by atoms with Crippen LogP contribution in [-0.4, -0.2) is 31.7 Å². The van der Waals surface area contributed by atoms with E-state index in [1.807, 2.05) is 29.3 Å². The molecule has 1 amide bonds. The number of anilines is 3. The molecule has 7 rings (SSSR count). The van der Waals surface area contributed by atoms with Gasteiger partial charge in [0.05, 0.1) is 0 Å². The average molecular weight is 539 g/mol. The maximum atomic E-state index is 13.8. The molecule has 3 aliphatic rings. The number of nitrogens with zero attached hydrogens (tertiary/aromatic N) is 5. The summed E-state index contributed by atoms with van der Waals surface area (Å²) in [5.41, 5.74) is 6.67. The largest absolute Gasteiger partial charge is 0.359 e. The van der Waals surface area contributed by atoms with Crippen molar-refractivity contribution in [3.8, 4) is 11.1 Å². The molecule has 40 heavy (non-hydrogen) atoms. The van der Waals surface area contributed by atoms with Crippen LogP contribution in [0.4, 0.5) is 17.3 Å². The Labute approximate surface area is 232 Å². The van der Waals surface area contributed by atoms with Crippen LogP contribution in [-0.2, 0) is 32.9 Å². The highest BCUT2D eigenvalue weighted by atomic mass is 16.5. The lowest BCUT2D eigenvalue weighted by Crippen LogP contribution is -2.41. The highest BCUT2D eigenvalue weighted by Crippen LogP contribution is 2.42. The van der Waals surface area contributed by atoms with E-state index in [1.165, 1.54) is 11.3 Å². The lowest BCUT2D eigenvalue weighted by Gasteiger charge is -2.31. The molecule has 1 N–H and O–H groups in total. The van der Waals surface area contributed by atoms with Crippen molar-refractivity contribution in [3.63, 3.8) is 0 Å². The van der Waals surface area contributed by atoms with Crippen LogP contribution < -0.4 is 15.8 Å². The van der Waals surface area contributed by atoms with Crippen molar-refractivity contribution in [2.24, 2.45) is 12.5 Å². The van der Waals surface area contributed by atoms with Crippen molar-refractivity contribution in [1.29, 1.82) is 0 Å². The predicted molar refractivity (Wildman–Crippen MR) is 153 cm³/mol. The fourth-order valence-corrected chi connectivity index (χ4v) is 6.44. The molecule has 5 heterocycles. The topological polar surface area (TPSA) is 98.2 Å². The van der Waals surface area contributed by atoms with E-state index in [1.54, 1.807) is 17.8 Å². The standard InChI is InChI=1S/C31H34N6O3/c1-5-21-22(20-12-23(29(38)35(4)17-20)33-27-14-26(40-34-27)18-6-7-18)8-9-32-28(21)37-11-10-36-24(30(37)39)13-19-15-31(2,3)16-25(19)36/h8-9,12-14,17-18H,5-7,10-11,15-16H2,1-4H3,(H,33,34). The molecule has 0 saturated heterocycles. The molecule has 0 aromatic carbocycles. The van der Waals surface area contributed by atoms with Gasteiger partial charge in [-0.1, -0.05) is 25.9 Å². The Morgan fingerprint density at radius 2 is 1.95 bits per heavy atom. The van der Waals surface area contributed by atoms with Crippen LogP contribution in [0.1, 0.15) is 72.6 Å². The Bertz CT molecular complexity index is 1720. The molecule has 9 heteroatoms. The van der Waals surface area contributed by atoms with Crippen LogP contribution in [0.25, 0.3) is 11.1 Å². The van der Waals surface area contributed by atoms with Gasteiger partial charge in [0.2, 0.25) is 0 Å². The zero-order chi connectivity index (χ0) is 27.8. The number of fused-ring (bicyclic) bond motifs is 3. The molecule has 9 nitrogen and oxygen atoms in total. The zero-order valence-electron chi connectivity index (χ0n) is 23.5. The van der Waals surface area contributed by atoms with Gasteiger partial charge in [-0.05, 0) is 66.8 Å². The number of rotatable bonds is 6. The zero-order valence-corrected chi connectivity index (χ0v) is 23.5. The Hall–Kier alpha value is -4.14. The van der Waals surface area contributed by atoms with Crippen LogP contribution in [0.3, 0.4) is 0 Å². The van der Waals surface area contributed by atoms with Gasteiger partial charge in [-0.15, -0.1) is 0 Å². The average Bonchev–Trinajstić information content (AvgIpc) is 3.47. The third kappa shape index (κ3) is 4.06. The highest BCUT2D eigenvalue weighted by Gasteiger charge is 2.37. The number of aromatic nitrogens is 4. The van der Waals surface area contributed by atoms with Gasteiger partial charge in [0.15, 0.2) is 5.82 Å². The molecule has 4 aromatic heterocycles. The molecule has 0 atom stereocenters. The monoisotopic (exact) mass is 538 g/mol. The van der Waals surface area contributed by atoms with Gasteiger partial charge >= 0.3 is 0 Å². The normalized spacial score (nSPS) is 17.7. The second-order valence-electron chi connectivity index (χ2n) is 12.2. The molecule has 0 radical (unpaired) electrons. The van der Waals surface area contributed by atoms with Gasteiger partial charge < -0.3 is 19.0 Å². The molecule has 1 aliphatic heterocycles. The number of carbonyl (C=O) groups is 1. The number of amides is 1. The number of aryl methyl sites for hydroxylation is 1. The SMILES string of the molecule is CCc1c(-c2cc(Nc3cc(C4CC4)on3)c(=O)n(C)c2)ccnc1N1CCn2c(cc3c2CC(C)(C)C3)C1=O. The summed E-state index contributed by atoms with van der Waals surface area (Å²) in [4.78, 5) is 33.4. The first-order chi connectivity index (χ1) is 19.2. The van der Waals surface area contributed by atoms with Gasteiger partial charge in [-0.2, -0.15) is 0 Å². The molecular weight excluding hydrogens is 504 g/mol. The van der Waals surface area contributed by atoms with E-state index in [-0.39, 0.29) is 16.9 Å².